The monoisotopic (exact) mass is 396 g/mol. The number of methoxy groups -OCH3 is 1. The van der Waals surface area contributed by atoms with Gasteiger partial charge in [-0.2, -0.15) is 0 Å². The van der Waals surface area contributed by atoms with Gasteiger partial charge in [-0.05, 0) is 29.2 Å². The fourth-order valence-corrected chi connectivity index (χ4v) is 4.82. The van der Waals surface area contributed by atoms with E-state index in [1.807, 2.05) is 36.4 Å². The van der Waals surface area contributed by atoms with E-state index < -0.39 is 11.6 Å². The summed E-state index contributed by atoms with van der Waals surface area (Å²) < 4.78 is 5.17. The summed E-state index contributed by atoms with van der Waals surface area (Å²) in [5, 5.41) is 4.84. The highest BCUT2D eigenvalue weighted by Crippen LogP contribution is 2.44. The number of hydrogen-bond acceptors (Lipinski definition) is 3. The fourth-order valence-electron chi connectivity index (χ4n) is 4.82. The smallest absolute Gasteiger partial charge is 0.323 e. The summed E-state index contributed by atoms with van der Waals surface area (Å²) in [6.45, 7) is 2.11. The molecule has 0 spiro atoms. The molecule has 1 aliphatic heterocycles. The van der Waals surface area contributed by atoms with E-state index in [0.29, 0.717) is 6.42 Å². The minimum Gasteiger partial charge on any atom is -0.468 e. The minimum absolute atomic E-state index is 0.251. The molecule has 0 saturated carbocycles. The SMILES string of the molecule is COC(=O)C1Cc2c([nH]c3c(C)cccc23)C(c2ccccc2)(c2ccccc2)N1. The molecule has 1 unspecified atom stereocenters. The molecule has 0 saturated heterocycles. The lowest BCUT2D eigenvalue weighted by Crippen LogP contribution is -2.57. The first kappa shape index (κ1) is 18.6. The first-order valence-electron chi connectivity index (χ1n) is 10.2. The number of aromatic nitrogens is 1. The highest BCUT2D eigenvalue weighted by molar-refractivity contribution is 5.90. The van der Waals surface area contributed by atoms with Crippen LogP contribution in [0.1, 0.15) is 27.9 Å². The molecule has 3 aromatic carbocycles. The Morgan fingerprint density at radius 2 is 1.57 bits per heavy atom. The molecule has 0 amide bonds. The predicted octanol–water partition coefficient (Wildman–Crippen LogP) is 4.46. The third-order valence-electron chi connectivity index (χ3n) is 6.22. The van der Waals surface area contributed by atoms with Crippen LogP contribution < -0.4 is 5.32 Å². The van der Waals surface area contributed by atoms with Gasteiger partial charge in [0.2, 0.25) is 0 Å². The number of carbonyl (C=O) groups is 1. The Hall–Kier alpha value is -3.37. The number of esters is 1. The zero-order valence-corrected chi connectivity index (χ0v) is 17.1. The molecule has 0 radical (unpaired) electrons. The summed E-state index contributed by atoms with van der Waals surface area (Å²) >= 11 is 0. The maximum Gasteiger partial charge on any atom is 0.323 e. The number of aromatic amines is 1. The summed E-state index contributed by atoms with van der Waals surface area (Å²) in [5.74, 6) is -0.251. The van der Waals surface area contributed by atoms with E-state index in [1.54, 1.807) is 0 Å². The molecule has 4 aromatic rings. The topological polar surface area (TPSA) is 54.1 Å². The Bertz CT molecular complexity index is 1170. The molecule has 1 aromatic heterocycles. The zero-order chi connectivity index (χ0) is 20.7. The van der Waals surface area contributed by atoms with Crippen molar-refractivity contribution in [3.8, 4) is 0 Å². The number of carbonyl (C=O) groups excluding carboxylic acids is 1. The number of nitrogens with one attached hydrogen (secondary N) is 2. The van der Waals surface area contributed by atoms with Gasteiger partial charge in [0.05, 0.1) is 7.11 Å². The molecular formula is C26H24N2O2. The van der Waals surface area contributed by atoms with Crippen LogP contribution >= 0.6 is 0 Å². The highest BCUT2D eigenvalue weighted by Gasteiger charge is 2.47. The molecule has 2 heterocycles. The summed E-state index contributed by atoms with van der Waals surface area (Å²) in [5.41, 5.74) is 6.02. The lowest BCUT2D eigenvalue weighted by molar-refractivity contribution is -0.143. The quantitative estimate of drug-likeness (QED) is 0.503. The molecule has 2 N–H and O–H groups in total. The standard InChI is InChI=1S/C26H24N2O2/c1-17-10-9-15-20-21-16-22(25(29)30-2)28-26(24(21)27-23(17)20,18-11-5-3-6-12-18)19-13-7-4-8-14-19/h3-15,22,27-28H,16H2,1-2H3. The highest BCUT2D eigenvalue weighted by atomic mass is 16.5. The van der Waals surface area contributed by atoms with Crippen molar-refractivity contribution in [2.24, 2.45) is 0 Å². The number of benzene rings is 3. The molecule has 4 nitrogen and oxygen atoms in total. The average Bonchev–Trinajstić information content (AvgIpc) is 3.19. The van der Waals surface area contributed by atoms with Crippen molar-refractivity contribution in [1.82, 2.24) is 10.3 Å². The summed E-state index contributed by atoms with van der Waals surface area (Å²) in [7, 11) is 1.45. The van der Waals surface area contributed by atoms with Gasteiger partial charge in [-0.15, -0.1) is 0 Å². The van der Waals surface area contributed by atoms with E-state index >= 15 is 0 Å². The molecule has 0 fully saturated rings. The minimum atomic E-state index is -0.694. The molecular weight excluding hydrogens is 372 g/mol. The Kier molecular flexibility index (Phi) is 4.44. The van der Waals surface area contributed by atoms with Crippen LogP contribution in [-0.2, 0) is 21.5 Å². The van der Waals surface area contributed by atoms with Crippen LogP contribution in [0.25, 0.3) is 10.9 Å². The van der Waals surface area contributed by atoms with Crippen LogP contribution in [0.5, 0.6) is 0 Å². The van der Waals surface area contributed by atoms with Crippen molar-refractivity contribution in [3.05, 3.63) is 107 Å². The zero-order valence-electron chi connectivity index (χ0n) is 17.1. The molecule has 1 aliphatic rings. The lowest BCUT2D eigenvalue weighted by atomic mass is 9.74. The van der Waals surface area contributed by atoms with Crippen LogP contribution in [0, 0.1) is 6.92 Å². The fraction of sp³-hybridized carbons (Fsp3) is 0.192. The van der Waals surface area contributed by atoms with Crippen molar-refractivity contribution in [2.75, 3.05) is 7.11 Å². The number of hydrogen-bond donors (Lipinski definition) is 2. The van der Waals surface area contributed by atoms with Crippen molar-refractivity contribution < 1.29 is 9.53 Å². The number of rotatable bonds is 3. The second-order valence-electron chi connectivity index (χ2n) is 7.88. The second kappa shape index (κ2) is 7.15. The van der Waals surface area contributed by atoms with Crippen molar-refractivity contribution in [1.29, 1.82) is 0 Å². The lowest BCUT2D eigenvalue weighted by Gasteiger charge is -2.42. The summed E-state index contributed by atoms with van der Waals surface area (Å²) in [6, 6.07) is 26.5. The van der Waals surface area contributed by atoms with Crippen molar-refractivity contribution in [2.45, 2.75) is 24.9 Å². The Morgan fingerprint density at radius 3 is 2.17 bits per heavy atom. The van der Waals surface area contributed by atoms with Gasteiger partial charge in [-0.3, -0.25) is 10.1 Å². The largest absolute Gasteiger partial charge is 0.468 e. The molecule has 0 aliphatic carbocycles. The molecule has 30 heavy (non-hydrogen) atoms. The Labute approximate surface area is 175 Å². The van der Waals surface area contributed by atoms with Gasteiger partial charge < -0.3 is 9.72 Å². The van der Waals surface area contributed by atoms with Gasteiger partial charge in [0, 0.05) is 23.0 Å². The van der Waals surface area contributed by atoms with Gasteiger partial charge in [0.25, 0.3) is 0 Å². The number of fused-ring (bicyclic) bond motifs is 3. The number of H-pyrrole nitrogens is 1. The van der Waals surface area contributed by atoms with Crippen LogP contribution in [0.3, 0.4) is 0 Å². The first-order valence-corrected chi connectivity index (χ1v) is 10.2. The van der Waals surface area contributed by atoms with Crippen LogP contribution in [0.2, 0.25) is 0 Å². The third kappa shape index (κ3) is 2.68. The van der Waals surface area contributed by atoms with E-state index in [9.17, 15) is 4.79 Å². The van der Waals surface area contributed by atoms with E-state index in [2.05, 4.69) is 59.7 Å². The van der Waals surface area contributed by atoms with Crippen molar-refractivity contribution >= 4 is 16.9 Å². The third-order valence-corrected chi connectivity index (χ3v) is 6.22. The number of aryl methyl sites for hydroxylation is 1. The Balaban J connectivity index is 1.89. The van der Waals surface area contributed by atoms with Crippen LogP contribution in [-0.4, -0.2) is 24.1 Å². The number of para-hydroxylation sites is 1. The van der Waals surface area contributed by atoms with Gasteiger partial charge in [-0.1, -0.05) is 78.9 Å². The normalized spacial score (nSPS) is 17.5. The molecule has 0 bridgehead atoms. The first-order chi connectivity index (χ1) is 14.6. The molecule has 5 rings (SSSR count). The van der Waals surface area contributed by atoms with Crippen molar-refractivity contribution in [3.63, 3.8) is 0 Å². The Morgan fingerprint density at radius 1 is 0.933 bits per heavy atom. The van der Waals surface area contributed by atoms with Gasteiger partial charge in [0.1, 0.15) is 11.6 Å². The molecule has 150 valence electrons. The maximum absolute atomic E-state index is 12.8. The molecule has 1 atom stereocenters. The second-order valence-corrected chi connectivity index (χ2v) is 7.88. The van der Waals surface area contributed by atoms with Crippen LogP contribution in [0.15, 0.2) is 78.9 Å². The van der Waals surface area contributed by atoms with Gasteiger partial charge in [0.15, 0.2) is 0 Å². The van der Waals surface area contributed by atoms with Crippen LogP contribution in [0.4, 0.5) is 0 Å². The summed E-state index contributed by atoms with van der Waals surface area (Å²) in [4.78, 5) is 16.5. The summed E-state index contributed by atoms with van der Waals surface area (Å²) in [6.07, 6.45) is 0.576. The van der Waals surface area contributed by atoms with E-state index in [0.717, 1.165) is 33.3 Å². The predicted molar refractivity (Wildman–Crippen MR) is 118 cm³/mol. The van der Waals surface area contributed by atoms with E-state index in [-0.39, 0.29) is 5.97 Å². The van der Waals surface area contributed by atoms with Gasteiger partial charge in [-0.25, -0.2) is 0 Å². The maximum atomic E-state index is 12.8. The average molecular weight is 396 g/mol. The van der Waals surface area contributed by atoms with E-state index in [1.165, 1.54) is 12.7 Å². The van der Waals surface area contributed by atoms with Gasteiger partial charge >= 0.3 is 5.97 Å². The molecule has 4 heteroatoms. The number of ether oxygens (including phenoxy) is 1. The van der Waals surface area contributed by atoms with E-state index in [4.69, 9.17) is 4.74 Å².